The number of nitrogens with zero attached hydrogens (tertiary/aromatic N) is 1. The molecule has 1 aliphatic rings. The molecule has 1 aliphatic carbocycles. The van der Waals surface area contributed by atoms with Crippen molar-refractivity contribution in [3.05, 3.63) is 40.5 Å². The van der Waals surface area contributed by atoms with Crippen molar-refractivity contribution in [3.63, 3.8) is 0 Å². The van der Waals surface area contributed by atoms with Gasteiger partial charge in [0.15, 0.2) is 0 Å². The molecule has 0 saturated heterocycles. The van der Waals surface area contributed by atoms with Gasteiger partial charge in [0.2, 0.25) is 0 Å². The highest BCUT2D eigenvalue weighted by atomic mass is 14.9. The van der Waals surface area contributed by atoms with E-state index < -0.39 is 0 Å². The van der Waals surface area contributed by atoms with Gasteiger partial charge in [-0.2, -0.15) is 0 Å². The molecule has 0 saturated carbocycles. The molecule has 0 atom stereocenters. The summed E-state index contributed by atoms with van der Waals surface area (Å²) in [6.07, 6.45) is 6.64. The van der Waals surface area contributed by atoms with Crippen LogP contribution in [-0.2, 0) is 5.41 Å². The predicted octanol–water partition coefficient (Wildman–Crippen LogP) is 2.73. The van der Waals surface area contributed by atoms with Crippen LogP contribution in [0.25, 0.3) is 23.5 Å². The molecular weight excluding hydrogens is 232 g/mol. The van der Waals surface area contributed by atoms with Gasteiger partial charge in [-0.3, -0.25) is 0 Å². The maximum Gasteiger partial charge on any atom is 0.138 e. The van der Waals surface area contributed by atoms with Crippen molar-refractivity contribution < 1.29 is 0 Å². The largest absolute Gasteiger partial charge is 0.338 e. The van der Waals surface area contributed by atoms with Gasteiger partial charge in [-0.25, -0.2) is 4.98 Å². The molecule has 0 unspecified atom stereocenters. The van der Waals surface area contributed by atoms with Crippen LogP contribution in [0.2, 0.25) is 0 Å². The third-order valence-electron chi connectivity index (χ3n) is 3.64. The lowest BCUT2D eigenvalue weighted by molar-refractivity contribution is 0.590. The molecule has 1 aromatic carbocycles. The summed E-state index contributed by atoms with van der Waals surface area (Å²) in [5.74, 6) is 0.972. The molecule has 0 radical (unpaired) electrons. The lowest BCUT2D eigenvalue weighted by atomic mass is 9.87. The molecule has 0 aliphatic heterocycles. The van der Waals surface area contributed by atoms with E-state index >= 15 is 0 Å². The quantitative estimate of drug-likeness (QED) is 0.830. The Morgan fingerprint density at radius 2 is 1.68 bits per heavy atom. The first-order valence-corrected chi connectivity index (χ1v) is 6.91. The van der Waals surface area contributed by atoms with Crippen LogP contribution in [0.3, 0.4) is 0 Å². The van der Waals surface area contributed by atoms with Crippen molar-refractivity contribution in [2.24, 2.45) is 0 Å². The van der Waals surface area contributed by atoms with E-state index in [0.717, 1.165) is 29.6 Å². The van der Waals surface area contributed by atoms with E-state index in [4.69, 9.17) is 0 Å². The van der Waals surface area contributed by atoms with Crippen LogP contribution in [0, 0.1) is 0 Å². The van der Waals surface area contributed by atoms with Crippen LogP contribution in [0.1, 0.15) is 39.2 Å². The van der Waals surface area contributed by atoms with Crippen LogP contribution in [0.4, 0.5) is 0 Å². The lowest BCUT2D eigenvalue weighted by Gasteiger charge is -2.18. The number of H-pyrrole nitrogens is 1. The molecule has 1 aromatic heterocycles. The fourth-order valence-electron chi connectivity index (χ4n) is 2.42. The van der Waals surface area contributed by atoms with Crippen LogP contribution < -0.4 is 10.7 Å². The van der Waals surface area contributed by atoms with Crippen LogP contribution in [0.5, 0.6) is 0 Å². The van der Waals surface area contributed by atoms with Crippen molar-refractivity contribution in [2.45, 2.75) is 39.0 Å². The molecule has 0 fully saturated rings. The van der Waals surface area contributed by atoms with E-state index in [2.05, 4.69) is 67.2 Å². The minimum Gasteiger partial charge on any atom is -0.338 e. The first-order valence-electron chi connectivity index (χ1n) is 6.91. The Kier molecular flexibility index (Phi) is 2.81. The van der Waals surface area contributed by atoms with E-state index in [-0.39, 0.29) is 5.41 Å². The number of imidazole rings is 1. The molecular formula is C17H20N2. The van der Waals surface area contributed by atoms with Crippen molar-refractivity contribution in [2.75, 3.05) is 0 Å². The highest BCUT2D eigenvalue weighted by Gasteiger charge is 2.13. The molecule has 2 nitrogen and oxygen atoms in total. The smallest absolute Gasteiger partial charge is 0.138 e. The normalized spacial score (nSPS) is 14.5. The SMILES string of the molecule is CC(C)(C)c1ccc(-c2nc3c([nH]2)=CCCC=3)cc1. The number of aromatic amines is 1. The summed E-state index contributed by atoms with van der Waals surface area (Å²) < 4.78 is 0. The topological polar surface area (TPSA) is 28.7 Å². The van der Waals surface area contributed by atoms with Gasteiger partial charge < -0.3 is 4.98 Å². The average Bonchev–Trinajstić information content (AvgIpc) is 2.81. The van der Waals surface area contributed by atoms with Gasteiger partial charge in [0.1, 0.15) is 5.82 Å². The number of hydrogen-bond acceptors (Lipinski definition) is 1. The maximum atomic E-state index is 4.67. The van der Waals surface area contributed by atoms with Crippen molar-refractivity contribution >= 4 is 12.2 Å². The molecule has 1 N–H and O–H groups in total. The number of nitrogens with one attached hydrogen (secondary N) is 1. The number of rotatable bonds is 1. The van der Waals surface area contributed by atoms with E-state index in [1.54, 1.807) is 0 Å². The zero-order valence-electron chi connectivity index (χ0n) is 11.8. The zero-order chi connectivity index (χ0) is 13.5. The van der Waals surface area contributed by atoms with Gasteiger partial charge in [0.25, 0.3) is 0 Å². The number of hydrogen-bond donors (Lipinski definition) is 1. The molecule has 1 heterocycles. The lowest BCUT2D eigenvalue weighted by Crippen LogP contribution is -2.26. The second-order valence-electron chi connectivity index (χ2n) is 6.20. The van der Waals surface area contributed by atoms with Gasteiger partial charge >= 0.3 is 0 Å². The van der Waals surface area contributed by atoms with Gasteiger partial charge in [-0.1, -0.05) is 57.2 Å². The summed E-state index contributed by atoms with van der Waals surface area (Å²) >= 11 is 0. The Labute approximate surface area is 113 Å². The fraction of sp³-hybridized carbons (Fsp3) is 0.353. The summed E-state index contributed by atoms with van der Waals surface area (Å²) in [6, 6.07) is 8.71. The Morgan fingerprint density at radius 1 is 1.00 bits per heavy atom. The molecule has 0 bridgehead atoms. The van der Waals surface area contributed by atoms with Crippen molar-refractivity contribution in [1.29, 1.82) is 0 Å². The highest BCUT2D eigenvalue weighted by molar-refractivity contribution is 5.56. The number of benzene rings is 1. The summed E-state index contributed by atoms with van der Waals surface area (Å²) in [7, 11) is 0. The minimum atomic E-state index is 0.197. The fourth-order valence-corrected chi connectivity index (χ4v) is 2.42. The van der Waals surface area contributed by atoms with Crippen molar-refractivity contribution in [3.8, 4) is 11.4 Å². The number of fused-ring (bicyclic) bond motifs is 1. The molecule has 0 spiro atoms. The first-order chi connectivity index (χ1) is 9.04. The molecule has 2 aromatic rings. The van der Waals surface area contributed by atoms with Crippen molar-refractivity contribution in [1.82, 2.24) is 9.97 Å². The van der Waals surface area contributed by atoms with Gasteiger partial charge in [-0.15, -0.1) is 0 Å². The summed E-state index contributed by atoms with van der Waals surface area (Å²) in [4.78, 5) is 8.08. The van der Waals surface area contributed by atoms with E-state index in [0.29, 0.717) is 0 Å². The predicted molar refractivity (Wildman–Crippen MR) is 80.1 cm³/mol. The Hall–Kier alpha value is -1.83. The van der Waals surface area contributed by atoms with Crippen LogP contribution in [0.15, 0.2) is 24.3 Å². The Bertz CT molecular complexity index is 664. The monoisotopic (exact) mass is 252 g/mol. The Balaban J connectivity index is 2.02. The van der Waals surface area contributed by atoms with Gasteiger partial charge in [0, 0.05) is 5.56 Å². The highest BCUT2D eigenvalue weighted by Crippen LogP contribution is 2.24. The zero-order valence-corrected chi connectivity index (χ0v) is 11.8. The van der Waals surface area contributed by atoms with Gasteiger partial charge in [0.05, 0.1) is 10.7 Å². The van der Waals surface area contributed by atoms with E-state index in [1.807, 2.05) is 0 Å². The van der Waals surface area contributed by atoms with E-state index in [1.165, 1.54) is 10.9 Å². The van der Waals surface area contributed by atoms with E-state index in [9.17, 15) is 0 Å². The second-order valence-corrected chi connectivity index (χ2v) is 6.20. The standard InChI is InChI=1S/C17H20N2/c1-17(2,3)13-10-8-12(9-11-13)16-18-14-6-4-5-7-15(14)19-16/h6-11H,4-5H2,1-3H3,(H,18,19). The average molecular weight is 252 g/mol. The maximum absolute atomic E-state index is 4.67. The van der Waals surface area contributed by atoms with Crippen LogP contribution >= 0.6 is 0 Å². The Morgan fingerprint density at radius 3 is 2.32 bits per heavy atom. The summed E-state index contributed by atoms with van der Waals surface area (Å²) in [5.41, 5.74) is 2.71. The summed E-state index contributed by atoms with van der Waals surface area (Å²) in [6.45, 7) is 6.70. The second kappa shape index (κ2) is 4.37. The third-order valence-corrected chi connectivity index (χ3v) is 3.64. The van der Waals surface area contributed by atoms with Gasteiger partial charge in [-0.05, 0) is 23.8 Å². The third kappa shape index (κ3) is 2.35. The molecule has 3 rings (SSSR count). The van der Waals surface area contributed by atoms with Crippen LogP contribution in [-0.4, -0.2) is 9.97 Å². The first kappa shape index (κ1) is 12.2. The summed E-state index contributed by atoms with van der Waals surface area (Å²) in [5, 5.41) is 2.27. The molecule has 19 heavy (non-hydrogen) atoms. The minimum absolute atomic E-state index is 0.197. The molecule has 2 heteroatoms. The molecule has 98 valence electrons. The number of aromatic nitrogens is 2. The molecule has 0 amide bonds.